The van der Waals surface area contributed by atoms with Gasteiger partial charge in [-0.05, 0) is 134 Å². The van der Waals surface area contributed by atoms with Gasteiger partial charge in [0.2, 0.25) is 0 Å². The van der Waals surface area contributed by atoms with Gasteiger partial charge in [-0.3, -0.25) is 9.88 Å². The van der Waals surface area contributed by atoms with Gasteiger partial charge in [0, 0.05) is 31.1 Å². The zero-order valence-corrected chi connectivity index (χ0v) is 26.2. The molecule has 0 amide bonds. The maximum absolute atomic E-state index is 14.7. The lowest BCUT2D eigenvalue weighted by Crippen LogP contribution is -2.38. The van der Waals surface area contributed by atoms with Crippen LogP contribution in [0.2, 0.25) is 0 Å². The number of carbonyl (C=O) groups is 1. The maximum Gasteiger partial charge on any atom is 0.328 e. The van der Waals surface area contributed by atoms with Crippen LogP contribution in [-0.2, 0) is 38.3 Å². The third kappa shape index (κ3) is 7.97. The highest BCUT2D eigenvalue weighted by Crippen LogP contribution is 2.43. The molecule has 2 unspecified atom stereocenters. The van der Waals surface area contributed by atoms with Gasteiger partial charge in [0.1, 0.15) is 17.5 Å². The summed E-state index contributed by atoms with van der Waals surface area (Å²) < 4.78 is 33.3. The van der Waals surface area contributed by atoms with Gasteiger partial charge in [0.05, 0.1) is 17.8 Å². The number of benzene rings is 1. The highest BCUT2D eigenvalue weighted by Gasteiger charge is 2.41. The van der Waals surface area contributed by atoms with Crippen LogP contribution in [0.3, 0.4) is 0 Å². The Morgan fingerprint density at radius 3 is 2.71 bits per heavy atom. The molecule has 7 heteroatoms. The van der Waals surface area contributed by atoms with Crippen molar-refractivity contribution in [3.8, 4) is 0 Å². The van der Waals surface area contributed by atoms with Gasteiger partial charge >= 0.3 is 5.97 Å². The number of ether oxygens (including phenoxy) is 3. The molecule has 42 heavy (non-hydrogen) atoms. The van der Waals surface area contributed by atoms with Gasteiger partial charge in [0.25, 0.3) is 0 Å². The van der Waals surface area contributed by atoms with Crippen LogP contribution >= 0.6 is 0 Å². The van der Waals surface area contributed by atoms with E-state index in [1.807, 2.05) is 20.8 Å². The van der Waals surface area contributed by atoms with Crippen molar-refractivity contribution >= 4 is 5.97 Å². The molecule has 1 aromatic heterocycles. The number of fused-ring (bicyclic) bond motifs is 1. The molecule has 0 radical (unpaired) electrons. The van der Waals surface area contributed by atoms with Crippen LogP contribution in [0.1, 0.15) is 120 Å². The minimum absolute atomic E-state index is 0.0236. The molecule has 0 N–H and O–H groups in total. The number of hydrogen-bond acceptors (Lipinski definition) is 6. The molecule has 0 spiro atoms. The number of pyridine rings is 1. The zero-order valence-electron chi connectivity index (χ0n) is 26.2. The Balaban J connectivity index is 1.21. The third-order valence-electron chi connectivity index (χ3n) is 8.75. The van der Waals surface area contributed by atoms with E-state index < -0.39 is 11.6 Å². The average molecular weight is 581 g/mol. The summed E-state index contributed by atoms with van der Waals surface area (Å²) in [6, 6.07) is 8.50. The van der Waals surface area contributed by atoms with Crippen molar-refractivity contribution in [2.24, 2.45) is 0 Å². The molecule has 2 fully saturated rings. The number of halogens is 1. The van der Waals surface area contributed by atoms with E-state index in [1.165, 1.54) is 41.9 Å². The molecule has 2 aromatic rings. The number of carbonyl (C=O) groups excluding carboxylic acids is 1. The highest BCUT2D eigenvalue weighted by atomic mass is 19.1. The number of nitrogens with zero attached hydrogens (tertiary/aromatic N) is 2. The maximum atomic E-state index is 14.7. The van der Waals surface area contributed by atoms with E-state index in [4.69, 9.17) is 19.2 Å². The molecular formula is C35H49FN2O4. The lowest BCUT2D eigenvalue weighted by molar-refractivity contribution is -0.161. The smallest absolute Gasteiger partial charge is 0.328 e. The number of aromatic nitrogens is 1. The van der Waals surface area contributed by atoms with Crippen molar-refractivity contribution in [3.63, 3.8) is 0 Å². The molecule has 2 aliphatic heterocycles. The topological polar surface area (TPSA) is 60.9 Å². The van der Waals surface area contributed by atoms with Crippen LogP contribution < -0.4 is 0 Å². The first kappa shape index (κ1) is 31.1. The Morgan fingerprint density at radius 1 is 1.14 bits per heavy atom. The van der Waals surface area contributed by atoms with E-state index in [0.717, 1.165) is 56.9 Å². The average Bonchev–Trinajstić information content (AvgIpc) is 3.53. The Kier molecular flexibility index (Phi) is 9.70. The fraction of sp³-hybridized carbons (Fsp3) is 0.657. The van der Waals surface area contributed by atoms with Crippen molar-refractivity contribution in [2.75, 3.05) is 19.7 Å². The van der Waals surface area contributed by atoms with Crippen molar-refractivity contribution < 1.29 is 23.4 Å². The van der Waals surface area contributed by atoms with E-state index >= 15 is 0 Å². The molecule has 0 bridgehead atoms. The van der Waals surface area contributed by atoms with Gasteiger partial charge in [-0.2, -0.15) is 0 Å². The van der Waals surface area contributed by atoms with Crippen molar-refractivity contribution in [2.45, 2.75) is 128 Å². The van der Waals surface area contributed by atoms with Crippen LogP contribution in [0, 0.1) is 5.82 Å². The Hall–Kier alpha value is -2.35. The van der Waals surface area contributed by atoms with E-state index in [0.29, 0.717) is 25.3 Å². The summed E-state index contributed by atoms with van der Waals surface area (Å²) >= 11 is 0. The largest absolute Gasteiger partial charge is 0.459 e. The normalized spacial score (nSPS) is 23.1. The second kappa shape index (κ2) is 13.1. The predicted octanol–water partition coefficient (Wildman–Crippen LogP) is 7.23. The van der Waals surface area contributed by atoms with Crippen molar-refractivity contribution in [1.82, 2.24) is 9.88 Å². The van der Waals surface area contributed by atoms with Crippen molar-refractivity contribution in [3.05, 3.63) is 64.2 Å². The van der Waals surface area contributed by atoms with Crippen LogP contribution in [0.25, 0.3) is 0 Å². The lowest BCUT2D eigenvalue weighted by Gasteiger charge is -2.32. The summed E-state index contributed by atoms with van der Waals surface area (Å²) in [6.07, 6.45) is 10.2. The first-order chi connectivity index (χ1) is 20.0. The zero-order chi connectivity index (χ0) is 29.9. The Labute approximate surface area is 251 Å². The van der Waals surface area contributed by atoms with Gasteiger partial charge in [-0.15, -0.1) is 0 Å². The molecule has 3 heterocycles. The standard InChI is InChI=1S/C35H49FN2O4/c1-34(2,3)42-33(39)32(29-22-25(36)14-16-28(29)31-17-19-35(4,5)41-31)38-20-18-27(23-38)40-21-9-8-11-26-15-13-24-10-6-7-12-30(24)37-26/h13-16,22,27,31-32H,6-12,17-21,23H2,1-5H3/t27-,31?,32?/m1/s1. The number of aryl methyl sites for hydroxylation is 3. The number of hydrogen-bond donors (Lipinski definition) is 0. The molecule has 3 atom stereocenters. The second-order valence-electron chi connectivity index (χ2n) is 14.0. The van der Waals surface area contributed by atoms with Gasteiger partial charge in [-0.1, -0.05) is 12.1 Å². The van der Waals surface area contributed by atoms with E-state index in [9.17, 15) is 9.18 Å². The fourth-order valence-electron chi connectivity index (χ4n) is 6.66. The number of esters is 1. The molecule has 3 aliphatic rings. The number of unbranched alkanes of at least 4 members (excludes halogenated alkanes) is 1. The first-order valence-corrected chi connectivity index (χ1v) is 16.0. The number of rotatable bonds is 10. The highest BCUT2D eigenvalue weighted by molar-refractivity contribution is 5.79. The third-order valence-corrected chi connectivity index (χ3v) is 8.75. The van der Waals surface area contributed by atoms with Gasteiger partial charge in [-0.25, -0.2) is 9.18 Å². The summed E-state index contributed by atoms with van der Waals surface area (Å²) in [6.45, 7) is 11.7. The minimum atomic E-state index is -0.717. The van der Waals surface area contributed by atoms with E-state index in [1.54, 1.807) is 6.07 Å². The van der Waals surface area contributed by atoms with Crippen molar-refractivity contribution in [1.29, 1.82) is 0 Å². The SMILES string of the molecule is CC(C)(C)OC(=O)C(c1cc(F)ccc1C1CCC(C)(C)O1)N1CC[C@@H](OCCCCc2ccc3c(n2)CCCC3)C1. The first-order valence-electron chi connectivity index (χ1n) is 16.0. The molecule has 1 aliphatic carbocycles. The fourth-order valence-corrected chi connectivity index (χ4v) is 6.66. The van der Waals surface area contributed by atoms with Crippen LogP contribution in [-0.4, -0.2) is 52.9 Å². The summed E-state index contributed by atoms with van der Waals surface area (Å²) in [7, 11) is 0. The monoisotopic (exact) mass is 580 g/mol. The summed E-state index contributed by atoms with van der Waals surface area (Å²) in [5.74, 6) is -0.718. The predicted molar refractivity (Wildman–Crippen MR) is 162 cm³/mol. The lowest BCUT2D eigenvalue weighted by atomic mass is 9.93. The Bertz CT molecular complexity index is 1240. The second-order valence-corrected chi connectivity index (χ2v) is 14.0. The quantitative estimate of drug-likeness (QED) is 0.218. The molecular weight excluding hydrogens is 531 g/mol. The summed E-state index contributed by atoms with van der Waals surface area (Å²) in [5, 5.41) is 0. The molecule has 2 saturated heterocycles. The molecule has 6 nitrogen and oxygen atoms in total. The molecule has 230 valence electrons. The Morgan fingerprint density at radius 2 is 1.95 bits per heavy atom. The van der Waals surface area contributed by atoms with Crippen LogP contribution in [0.15, 0.2) is 30.3 Å². The molecule has 5 rings (SSSR count). The summed E-state index contributed by atoms with van der Waals surface area (Å²) in [5.41, 5.74) is 4.52. The van der Waals surface area contributed by atoms with Gasteiger partial charge < -0.3 is 14.2 Å². The van der Waals surface area contributed by atoms with Gasteiger partial charge in [0.15, 0.2) is 0 Å². The van der Waals surface area contributed by atoms with E-state index in [2.05, 4.69) is 30.9 Å². The number of likely N-dealkylation sites (tertiary alicyclic amines) is 1. The molecule has 0 saturated carbocycles. The minimum Gasteiger partial charge on any atom is -0.459 e. The van der Waals surface area contributed by atoms with Crippen LogP contribution in [0.4, 0.5) is 4.39 Å². The van der Waals surface area contributed by atoms with Crippen LogP contribution in [0.5, 0.6) is 0 Å². The molecule has 1 aromatic carbocycles. The summed E-state index contributed by atoms with van der Waals surface area (Å²) in [4.78, 5) is 20.7. The van der Waals surface area contributed by atoms with E-state index in [-0.39, 0.29) is 29.6 Å².